The molecule has 0 heterocycles. The van der Waals surface area contributed by atoms with Crippen LogP contribution in [-0.2, 0) is 31.4 Å². The maximum atomic E-state index is 13.5. The molecular formula is C24H25N3O5S2. The Morgan fingerprint density at radius 2 is 1.35 bits per heavy atom. The normalized spacial score (nSPS) is 14.1. The van der Waals surface area contributed by atoms with Gasteiger partial charge in [0.05, 0.1) is 16.3 Å². The van der Waals surface area contributed by atoms with E-state index in [0.29, 0.717) is 11.3 Å². The summed E-state index contributed by atoms with van der Waals surface area (Å²) < 4.78 is 55.4. The third-order valence-corrected chi connectivity index (χ3v) is 8.59. The Morgan fingerprint density at radius 3 is 1.94 bits per heavy atom. The first kappa shape index (κ1) is 24.1. The second-order valence-corrected chi connectivity index (χ2v) is 11.7. The number of para-hydroxylation sites is 1. The molecule has 1 saturated carbocycles. The van der Waals surface area contributed by atoms with Crippen LogP contribution < -0.4 is 10.0 Å². The van der Waals surface area contributed by atoms with Crippen LogP contribution in [0.2, 0.25) is 0 Å². The lowest BCUT2D eigenvalue weighted by atomic mass is 10.2. The van der Waals surface area contributed by atoms with Crippen molar-refractivity contribution < 1.29 is 21.6 Å². The van der Waals surface area contributed by atoms with Crippen molar-refractivity contribution in [2.24, 2.45) is 0 Å². The molecule has 10 heteroatoms. The van der Waals surface area contributed by atoms with Crippen molar-refractivity contribution in [1.29, 1.82) is 0 Å². The summed E-state index contributed by atoms with van der Waals surface area (Å²) in [6.07, 6.45) is 1.59. The summed E-state index contributed by atoms with van der Waals surface area (Å²) in [5.41, 5.74) is 1.27. The third-order valence-electron chi connectivity index (χ3n) is 5.25. The molecule has 0 saturated heterocycles. The summed E-state index contributed by atoms with van der Waals surface area (Å²) in [5.74, 6) is -0.487. The van der Waals surface area contributed by atoms with Crippen molar-refractivity contribution in [2.45, 2.75) is 35.2 Å². The van der Waals surface area contributed by atoms with Gasteiger partial charge in [0, 0.05) is 18.3 Å². The van der Waals surface area contributed by atoms with E-state index in [1.807, 2.05) is 12.1 Å². The van der Waals surface area contributed by atoms with Crippen molar-refractivity contribution in [3.63, 3.8) is 0 Å². The molecule has 0 unspecified atom stereocenters. The number of carbonyl (C=O) groups is 1. The quantitative estimate of drug-likeness (QED) is 0.445. The number of carbonyl (C=O) groups excluding carboxylic acids is 1. The number of anilines is 1. The van der Waals surface area contributed by atoms with Crippen LogP contribution in [-0.4, -0.2) is 39.6 Å². The van der Waals surface area contributed by atoms with Crippen LogP contribution in [0.5, 0.6) is 0 Å². The minimum absolute atomic E-state index is 0.00483. The number of rotatable bonds is 10. The zero-order valence-electron chi connectivity index (χ0n) is 18.3. The molecule has 1 amide bonds. The molecule has 1 aliphatic carbocycles. The zero-order valence-corrected chi connectivity index (χ0v) is 19.9. The van der Waals surface area contributed by atoms with Crippen LogP contribution in [0.3, 0.4) is 0 Å². The van der Waals surface area contributed by atoms with Gasteiger partial charge in [-0.3, -0.25) is 4.79 Å². The molecule has 178 valence electrons. The van der Waals surface area contributed by atoms with Crippen LogP contribution in [0, 0.1) is 0 Å². The van der Waals surface area contributed by atoms with Crippen LogP contribution >= 0.6 is 0 Å². The van der Waals surface area contributed by atoms with Crippen LogP contribution in [0.1, 0.15) is 18.4 Å². The maximum absolute atomic E-state index is 13.5. The van der Waals surface area contributed by atoms with Crippen molar-refractivity contribution in [3.05, 3.63) is 90.5 Å². The second kappa shape index (κ2) is 10.1. The highest BCUT2D eigenvalue weighted by Gasteiger charge is 2.30. The van der Waals surface area contributed by atoms with Crippen molar-refractivity contribution in [1.82, 2.24) is 9.03 Å². The van der Waals surface area contributed by atoms with Gasteiger partial charge in [-0.15, -0.1) is 0 Å². The summed E-state index contributed by atoms with van der Waals surface area (Å²) in [7, 11) is -7.81. The summed E-state index contributed by atoms with van der Waals surface area (Å²) in [6.45, 7) is -0.427. The van der Waals surface area contributed by atoms with Crippen LogP contribution in [0.25, 0.3) is 0 Å². The van der Waals surface area contributed by atoms with Gasteiger partial charge in [0.1, 0.15) is 0 Å². The molecule has 0 atom stereocenters. The number of hydrogen-bond acceptors (Lipinski definition) is 5. The molecular weight excluding hydrogens is 474 g/mol. The number of amides is 1. The predicted octanol–water partition coefficient (Wildman–Crippen LogP) is 2.96. The van der Waals surface area contributed by atoms with E-state index in [2.05, 4.69) is 10.0 Å². The molecule has 8 nitrogen and oxygen atoms in total. The Morgan fingerprint density at radius 1 is 0.794 bits per heavy atom. The van der Waals surface area contributed by atoms with Crippen LogP contribution in [0.15, 0.2) is 94.7 Å². The molecule has 0 radical (unpaired) electrons. The summed E-state index contributed by atoms with van der Waals surface area (Å²) in [5, 5.41) is 2.70. The molecule has 0 spiro atoms. The van der Waals surface area contributed by atoms with Gasteiger partial charge in [-0.2, -0.15) is 4.31 Å². The minimum atomic E-state index is -4.10. The predicted molar refractivity (Wildman–Crippen MR) is 129 cm³/mol. The minimum Gasteiger partial charge on any atom is -0.325 e. The van der Waals surface area contributed by atoms with Crippen molar-refractivity contribution >= 4 is 31.6 Å². The van der Waals surface area contributed by atoms with Gasteiger partial charge in [-0.1, -0.05) is 48.5 Å². The lowest BCUT2D eigenvalue weighted by Gasteiger charge is -2.22. The summed E-state index contributed by atoms with van der Waals surface area (Å²) in [4.78, 5) is 12.6. The van der Waals surface area contributed by atoms with E-state index in [1.165, 1.54) is 24.3 Å². The highest BCUT2D eigenvalue weighted by Crippen LogP contribution is 2.24. The highest BCUT2D eigenvalue weighted by molar-refractivity contribution is 7.89. The van der Waals surface area contributed by atoms with Gasteiger partial charge >= 0.3 is 0 Å². The molecule has 0 bridgehead atoms. The van der Waals surface area contributed by atoms with Gasteiger partial charge in [-0.25, -0.2) is 21.6 Å². The molecule has 3 aromatic rings. The monoisotopic (exact) mass is 499 g/mol. The molecule has 0 aliphatic heterocycles. The van der Waals surface area contributed by atoms with Gasteiger partial charge in [-0.05, 0) is 54.8 Å². The third kappa shape index (κ3) is 6.09. The fourth-order valence-electron chi connectivity index (χ4n) is 3.32. The Hall–Kier alpha value is -3.05. The lowest BCUT2D eigenvalue weighted by Crippen LogP contribution is -2.37. The summed E-state index contributed by atoms with van der Waals surface area (Å²) in [6, 6.07) is 22.7. The summed E-state index contributed by atoms with van der Waals surface area (Å²) >= 11 is 0. The van der Waals surface area contributed by atoms with E-state index in [0.717, 1.165) is 17.1 Å². The lowest BCUT2D eigenvalue weighted by molar-refractivity contribution is -0.116. The average molecular weight is 500 g/mol. The molecule has 1 aliphatic rings. The Labute approximate surface area is 199 Å². The molecule has 2 N–H and O–H groups in total. The first-order chi connectivity index (χ1) is 16.2. The highest BCUT2D eigenvalue weighted by atomic mass is 32.2. The van der Waals surface area contributed by atoms with E-state index in [-0.39, 0.29) is 22.4 Å². The van der Waals surface area contributed by atoms with Gasteiger partial charge in [0.25, 0.3) is 0 Å². The van der Waals surface area contributed by atoms with E-state index < -0.39 is 32.5 Å². The first-order valence-electron chi connectivity index (χ1n) is 10.8. The number of hydrogen-bond donors (Lipinski definition) is 2. The van der Waals surface area contributed by atoms with Crippen molar-refractivity contribution in [2.75, 3.05) is 11.9 Å². The SMILES string of the molecule is O=C(CN(Cc1ccccc1)S(=O)(=O)c1ccc(S(=O)(=O)NC2CC2)cc1)Nc1ccccc1. The van der Waals surface area contributed by atoms with E-state index in [1.54, 1.807) is 48.5 Å². The number of nitrogens with zero attached hydrogens (tertiary/aromatic N) is 1. The smallest absolute Gasteiger partial charge is 0.243 e. The first-order valence-corrected chi connectivity index (χ1v) is 13.7. The molecule has 1 fully saturated rings. The van der Waals surface area contributed by atoms with Crippen molar-refractivity contribution in [3.8, 4) is 0 Å². The Bertz CT molecular complexity index is 1340. The Balaban J connectivity index is 1.57. The molecule has 3 aromatic carbocycles. The number of sulfonamides is 2. The molecule has 4 rings (SSSR count). The van der Waals surface area contributed by atoms with Crippen LogP contribution in [0.4, 0.5) is 5.69 Å². The topological polar surface area (TPSA) is 113 Å². The second-order valence-electron chi connectivity index (χ2n) is 8.04. The molecule has 34 heavy (non-hydrogen) atoms. The standard InChI is InChI=1S/C24H25N3O5S2/c28-24(25-20-9-5-2-6-10-20)18-27(17-19-7-3-1-4-8-19)34(31,32)23-15-13-22(14-16-23)33(29,30)26-21-11-12-21/h1-10,13-16,21,26H,11-12,17-18H2,(H,25,28). The zero-order chi connectivity index (χ0) is 24.2. The van der Waals surface area contributed by atoms with Gasteiger partial charge in [0.15, 0.2) is 0 Å². The average Bonchev–Trinajstić information content (AvgIpc) is 3.63. The van der Waals surface area contributed by atoms with E-state index in [4.69, 9.17) is 0 Å². The fourth-order valence-corrected chi connectivity index (χ4v) is 6.01. The van der Waals surface area contributed by atoms with Gasteiger partial charge in [0.2, 0.25) is 26.0 Å². The Kier molecular flexibility index (Phi) is 7.13. The fraction of sp³-hybridized carbons (Fsp3) is 0.208. The number of benzene rings is 3. The maximum Gasteiger partial charge on any atom is 0.243 e. The van der Waals surface area contributed by atoms with E-state index >= 15 is 0 Å². The van der Waals surface area contributed by atoms with Gasteiger partial charge < -0.3 is 5.32 Å². The molecule has 0 aromatic heterocycles. The number of nitrogens with one attached hydrogen (secondary N) is 2. The van der Waals surface area contributed by atoms with E-state index in [9.17, 15) is 21.6 Å². The largest absolute Gasteiger partial charge is 0.325 e.